The van der Waals surface area contributed by atoms with Gasteiger partial charge in [0.2, 0.25) is 0 Å². The zero-order chi connectivity index (χ0) is 20.8. The molecule has 2 saturated heterocycles. The molecule has 2 N–H and O–H groups in total. The van der Waals surface area contributed by atoms with Crippen molar-refractivity contribution in [1.29, 1.82) is 0 Å². The van der Waals surface area contributed by atoms with Gasteiger partial charge in [0.25, 0.3) is 5.56 Å². The third-order valence-corrected chi connectivity index (χ3v) is 6.12. The Labute approximate surface area is 173 Å². The number of benzene rings is 1. The lowest BCUT2D eigenvalue weighted by Crippen LogP contribution is -2.58. The van der Waals surface area contributed by atoms with Crippen molar-refractivity contribution < 1.29 is 9.84 Å². The van der Waals surface area contributed by atoms with Gasteiger partial charge in [0.15, 0.2) is 11.6 Å². The Bertz CT molecular complexity index is 1130. The van der Waals surface area contributed by atoms with Crippen LogP contribution in [0.5, 0.6) is 5.75 Å². The number of aromatic hydroxyl groups is 1. The Morgan fingerprint density at radius 2 is 2.00 bits per heavy atom. The molecule has 9 nitrogen and oxygen atoms in total. The molecule has 0 saturated carbocycles. The molecule has 0 radical (unpaired) electrons. The molecule has 2 aliphatic rings. The SMILES string of the molecule is CN(c1cnc(-c2cc3ccn(C)c(=O)c3cc2O)nn1)C1CC2COCC(C1)N2. The fraction of sp³-hybridized carbons (Fsp3) is 0.429. The molecule has 0 spiro atoms. The number of anilines is 1. The number of morpholine rings is 1. The maximum atomic E-state index is 12.3. The van der Waals surface area contributed by atoms with E-state index >= 15 is 0 Å². The lowest BCUT2D eigenvalue weighted by Gasteiger charge is -2.43. The normalized spacial score (nSPS) is 23.5. The quantitative estimate of drug-likeness (QED) is 0.663. The minimum Gasteiger partial charge on any atom is -0.507 e. The zero-order valence-electron chi connectivity index (χ0n) is 16.9. The van der Waals surface area contributed by atoms with Crippen LogP contribution in [-0.2, 0) is 11.8 Å². The van der Waals surface area contributed by atoms with Gasteiger partial charge in [-0.25, -0.2) is 4.98 Å². The minimum absolute atomic E-state index is 0.0418. The summed E-state index contributed by atoms with van der Waals surface area (Å²) in [6.07, 6.45) is 5.35. The third-order valence-electron chi connectivity index (χ3n) is 6.12. The first-order chi connectivity index (χ1) is 14.5. The lowest BCUT2D eigenvalue weighted by atomic mass is 9.92. The van der Waals surface area contributed by atoms with Gasteiger partial charge in [-0.1, -0.05) is 0 Å². The highest BCUT2D eigenvalue weighted by Crippen LogP contribution is 2.31. The second-order valence-corrected chi connectivity index (χ2v) is 8.16. The van der Waals surface area contributed by atoms with Crippen molar-refractivity contribution in [2.75, 3.05) is 25.2 Å². The highest BCUT2D eigenvalue weighted by molar-refractivity contribution is 5.88. The Kier molecular flexibility index (Phi) is 4.63. The second-order valence-electron chi connectivity index (χ2n) is 8.16. The van der Waals surface area contributed by atoms with Gasteiger partial charge < -0.3 is 24.6 Å². The van der Waals surface area contributed by atoms with Gasteiger partial charge >= 0.3 is 0 Å². The molecule has 30 heavy (non-hydrogen) atoms. The number of phenols is 1. The van der Waals surface area contributed by atoms with Crippen molar-refractivity contribution >= 4 is 16.6 Å². The molecule has 3 aromatic rings. The number of pyridine rings is 1. The van der Waals surface area contributed by atoms with E-state index in [-0.39, 0.29) is 11.3 Å². The fourth-order valence-corrected chi connectivity index (χ4v) is 4.42. The molecule has 2 fully saturated rings. The molecule has 156 valence electrons. The van der Waals surface area contributed by atoms with E-state index in [0.29, 0.717) is 40.7 Å². The van der Waals surface area contributed by atoms with E-state index in [1.165, 1.54) is 10.6 Å². The molecule has 1 aromatic carbocycles. The Balaban J connectivity index is 1.41. The Hall–Kier alpha value is -3.04. The van der Waals surface area contributed by atoms with Gasteiger partial charge in [0.05, 0.1) is 30.4 Å². The highest BCUT2D eigenvalue weighted by Gasteiger charge is 2.34. The minimum atomic E-state index is -0.164. The molecule has 4 heterocycles. The molecule has 5 rings (SSSR count). The summed E-state index contributed by atoms with van der Waals surface area (Å²) in [5.41, 5.74) is 0.286. The average Bonchev–Trinajstić information content (AvgIpc) is 2.76. The third kappa shape index (κ3) is 3.29. The van der Waals surface area contributed by atoms with E-state index in [0.717, 1.165) is 31.4 Å². The summed E-state index contributed by atoms with van der Waals surface area (Å²) < 4.78 is 7.10. The summed E-state index contributed by atoms with van der Waals surface area (Å²) in [5, 5.41) is 23.9. The van der Waals surface area contributed by atoms with Crippen LogP contribution in [0.4, 0.5) is 5.82 Å². The zero-order valence-corrected chi connectivity index (χ0v) is 16.9. The van der Waals surface area contributed by atoms with Crippen molar-refractivity contribution in [2.24, 2.45) is 7.05 Å². The van der Waals surface area contributed by atoms with Crippen LogP contribution in [0.25, 0.3) is 22.2 Å². The number of ether oxygens (including phenoxy) is 1. The largest absolute Gasteiger partial charge is 0.507 e. The predicted molar refractivity (Wildman–Crippen MR) is 113 cm³/mol. The van der Waals surface area contributed by atoms with Crippen molar-refractivity contribution in [3.05, 3.63) is 40.9 Å². The molecule has 0 aliphatic carbocycles. The number of fused-ring (bicyclic) bond motifs is 3. The van der Waals surface area contributed by atoms with Gasteiger partial charge in [0, 0.05) is 38.4 Å². The number of aromatic nitrogens is 4. The fourth-order valence-electron chi connectivity index (χ4n) is 4.42. The number of hydrogen-bond donors (Lipinski definition) is 2. The molecule has 2 unspecified atom stereocenters. The van der Waals surface area contributed by atoms with Crippen LogP contribution in [-0.4, -0.2) is 63.2 Å². The average molecular weight is 408 g/mol. The Morgan fingerprint density at radius 3 is 2.70 bits per heavy atom. The first kappa shape index (κ1) is 19.0. The standard InChI is InChI=1S/C21H24N6O3/c1-26-4-3-12-5-17(18(28)8-16(12)21(26)29)20-22-9-19(24-25-20)27(2)15-6-13-10-30-11-14(7-15)23-13/h3-5,8-9,13-15,23,28H,6-7,10-11H2,1-2H3. The van der Waals surface area contributed by atoms with Gasteiger partial charge in [-0.05, 0) is 36.4 Å². The van der Waals surface area contributed by atoms with E-state index in [2.05, 4.69) is 25.4 Å². The summed E-state index contributed by atoms with van der Waals surface area (Å²) in [5.74, 6) is 0.974. The summed E-state index contributed by atoms with van der Waals surface area (Å²) in [6, 6.07) is 6.09. The highest BCUT2D eigenvalue weighted by atomic mass is 16.5. The molecular formula is C21H24N6O3. The molecule has 2 bridgehead atoms. The van der Waals surface area contributed by atoms with Crippen LogP contribution in [0, 0.1) is 0 Å². The first-order valence-electron chi connectivity index (χ1n) is 10.1. The maximum absolute atomic E-state index is 12.3. The van der Waals surface area contributed by atoms with Gasteiger partial charge in [-0.2, -0.15) is 0 Å². The van der Waals surface area contributed by atoms with E-state index < -0.39 is 0 Å². The summed E-state index contributed by atoms with van der Waals surface area (Å²) in [6.45, 7) is 1.49. The van der Waals surface area contributed by atoms with Crippen LogP contribution in [0.2, 0.25) is 0 Å². The number of hydrogen-bond acceptors (Lipinski definition) is 8. The first-order valence-corrected chi connectivity index (χ1v) is 10.1. The molecular weight excluding hydrogens is 384 g/mol. The van der Waals surface area contributed by atoms with Gasteiger partial charge in [-0.15, -0.1) is 10.2 Å². The van der Waals surface area contributed by atoms with E-state index in [1.54, 1.807) is 25.5 Å². The second kappa shape index (κ2) is 7.33. The van der Waals surface area contributed by atoms with Crippen LogP contribution in [0.15, 0.2) is 35.4 Å². The number of rotatable bonds is 3. The van der Waals surface area contributed by atoms with Gasteiger partial charge in [-0.3, -0.25) is 4.79 Å². The summed E-state index contributed by atoms with van der Waals surface area (Å²) >= 11 is 0. The van der Waals surface area contributed by atoms with E-state index in [9.17, 15) is 9.90 Å². The Morgan fingerprint density at radius 1 is 1.23 bits per heavy atom. The van der Waals surface area contributed by atoms with Crippen molar-refractivity contribution in [2.45, 2.75) is 31.0 Å². The number of aryl methyl sites for hydroxylation is 1. The number of phenolic OH excluding ortho intramolecular Hbond substituents is 1. The smallest absolute Gasteiger partial charge is 0.258 e. The molecule has 9 heteroatoms. The monoisotopic (exact) mass is 408 g/mol. The van der Waals surface area contributed by atoms with Crippen molar-refractivity contribution in [3.63, 3.8) is 0 Å². The van der Waals surface area contributed by atoms with Crippen LogP contribution in [0.1, 0.15) is 12.8 Å². The van der Waals surface area contributed by atoms with Crippen molar-refractivity contribution in [1.82, 2.24) is 25.1 Å². The van der Waals surface area contributed by atoms with E-state index in [4.69, 9.17) is 4.74 Å². The lowest BCUT2D eigenvalue weighted by molar-refractivity contribution is 0.0183. The predicted octanol–water partition coefficient (Wildman–Crippen LogP) is 1.05. The summed E-state index contributed by atoms with van der Waals surface area (Å²) in [7, 11) is 3.69. The van der Waals surface area contributed by atoms with Crippen LogP contribution in [0.3, 0.4) is 0 Å². The topological polar surface area (TPSA) is 105 Å². The van der Waals surface area contributed by atoms with Crippen LogP contribution >= 0.6 is 0 Å². The van der Waals surface area contributed by atoms with Gasteiger partial charge in [0.1, 0.15) is 5.75 Å². The van der Waals surface area contributed by atoms with E-state index in [1.807, 2.05) is 13.1 Å². The summed E-state index contributed by atoms with van der Waals surface area (Å²) in [4.78, 5) is 18.8. The molecule has 0 amide bonds. The maximum Gasteiger partial charge on any atom is 0.258 e. The van der Waals surface area contributed by atoms with Crippen LogP contribution < -0.4 is 15.8 Å². The van der Waals surface area contributed by atoms with Crippen molar-refractivity contribution in [3.8, 4) is 17.1 Å². The molecule has 2 aliphatic heterocycles. The number of piperidine rings is 1. The molecule has 2 atom stereocenters. The number of nitrogens with zero attached hydrogens (tertiary/aromatic N) is 5. The number of nitrogens with one attached hydrogen (secondary N) is 1. The molecule has 2 aromatic heterocycles.